The maximum absolute atomic E-state index is 15.9. The van der Waals surface area contributed by atoms with Crippen LogP contribution >= 0.6 is 0 Å². The number of aliphatic hydroxyl groups excluding tert-OH is 1. The SMILES string of the molecule is CC(C)C(=O)[C@@]1(O)[C@@H](C(=O)C(O)C(C)C)O[C@@H](n2ccc(N)nc2=O)C1(C)F. The van der Waals surface area contributed by atoms with Crippen molar-refractivity contribution >= 4 is 17.4 Å². The second-order valence-electron chi connectivity index (χ2n) is 7.86. The third-order valence-electron chi connectivity index (χ3n) is 5.04. The minimum Gasteiger partial charge on any atom is -0.385 e. The van der Waals surface area contributed by atoms with Gasteiger partial charge >= 0.3 is 5.69 Å². The highest BCUT2D eigenvalue weighted by Crippen LogP contribution is 2.50. The fourth-order valence-corrected chi connectivity index (χ4v) is 3.30. The smallest absolute Gasteiger partial charge is 0.351 e. The Balaban J connectivity index is 2.66. The normalized spacial score (nSPS) is 31.4. The summed E-state index contributed by atoms with van der Waals surface area (Å²) in [6.45, 7) is 6.82. The molecule has 0 radical (unpaired) electrons. The van der Waals surface area contributed by atoms with Crippen molar-refractivity contribution in [2.75, 3.05) is 5.73 Å². The number of carbonyl (C=O) groups excluding carboxylic acids is 2. The first-order valence-corrected chi connectivity index (χ1v) is 8.94. The van der Waals surface area contributed by atoms with Gasteiger partial charge in [0.1, 0.15) is 11.9 Å². The first kappa shape index (κ1) is 22.1. The van der Waals surface area contributed by atoms with Gasteiger partial charge in [0.05, 0.1) is 0 Å². The van der Waals surface area contributed by atoms with Crippen molar-refractivity contribution in [1.82, 2.24) is 9.55 Å². The van der Waals surface area contributed by atoms with Gasteiger partial charge in [-0.2, -0.15) is 4.98 Å². The number of alkyl halides is 1. The lowest BCUT2D eigenvalue weighted by atomic mass is 9.73. The maximum atomic E-state index is 15.9. The number of anilines is 1. The zero-order valence-electron chi connectivity index (χ0n) is 16.4. The molecule has 2 heterocycles. The molecule has 10 heteroatoms. The largest absolute Gasteiger partial charge is 0.385 e. The number of ether oxygens (including phenoxy) is 1. The lowest BCUT2D eigenvalue weighted by Gasteiger charge is -2.36. The van der Waals surface area contributed by atoms with Crippen LogP contribution in [0.15, 0.2) is 17.1 Å². The molecular formula is C18H26FN3O6. The molecule has 1 aliphatic rings. The fraction of sp³-hybridized carbons (Fsp3) is 0.667. The van der Waals surface area contributed by atoms with E-state index in [9.17, 15) is 24.6 Å². The average Bonchev–Trinajstić information content (AvgIpc) is 2.80. The number of aliphatic hydroxyl groups is 2. The van der Waals surface area contributed by atoms with Gasteiger partial charge in [-0.1, -0.05) is 27.7 Å². The van der Waals surface area contributed by atoms with Crippen molar-refractivity contribution in [2.24, 2.45) is 11.8 Å². The van der Waals surface area contributed by atoms with Crippen LogP contribution in [0.4, 0.5) is 10.2 Å². The summed E-state index contributed by atoms with van der Waals surface area (Å²) in [5.41, 5.74) is -1.35. The molecule has 1 aliphatic heterocycles. The number of ketones is 2. The molecule has 0 amide bonds. The van der Waals surface area contributed by atoms with Crippen molar-refractivity contribution in [3.8, 4) is 0 Å². The predicted molar refractivity (Wildman–Crippen MR) is 97.0 cm³/mol. The molecule has 2 unspecified atom stereocenters. The molecule has 0 bridgehead atoms. The summed E-state index contributed by atoms with van der Waals surface area (Å²) in [4.78, 5) is 41.2. The number of rotatable bonds is 6. The fourth-order valence-electron chi connectivity index (χ4n) is 3.30. The van der Waals surface area contributed by atoms with Crippen LogP contribution in [0.3, 0.4) is 0 Å². The minimum absolute atomic E-state index is 0.115. The molecule has 0 aromatic carbocycles. The molecule has 5 atom stereocenters. The van der Waals surface area contributed by atoms with Crippen LogP contribution in [0, 0.1) is 11.8 Å². The number of nitrogen functional groups attached to an aromatic ring is 1. The van der Waals surface area contributed by atoms with Crippen LogP contribution in [0.2, 0.25) is 0 Å². The van der Waals surface area contributed by atoms with Crippen LogP contribution in [-0.4, -0.2) is 54.8 Å². The molecule has 1 saturated heterocycles. The summed E-state index contributed by atoms with van der Waals surface area (Å²) >= 11 is 0. The predicted octanol–water partition coefficient (Wildman–Crippen LogP) is -0.00670. The van der Waals surface area contributed by atoms with Gasteiger partial charge < -0.3 is 20.7 Å². The quantitative estimate of drug-likeness (QED) is 0.606. The van der Waals surface area contributed by atoms with Crippen LogP contribution in [0.25, 0.3) is 0 Å². The molecule has 1 aromatic heterocycles. The summed E-state index contributed by atoms with van der Waals surface area (Å²) in [7, 11) is 0. The Kier molecular flexibility index (Phi) is 5.80. The Morgan fingerprint density at radius 1 is 1.36 bits per heavy atom. The van der Waals surface area contributed by atoms with E-state index in [2.05, 4.69) is 4.98 Å². The topological polar surface area (TPSA) is 145 Å². The number of aromatic nitrogens is 2. The number of hydrogen-bond donors (Lipinski definition) is 3. The van der Waals surface area contributed by atoms with Crippen molar-refractivity contribution in [2.45, 2.75) is 64.3 Å². The number of Topliss-reactive ketones (excluding diaryl/α,β-unsaturated/α-hetero) is 2. The third-order valence-corrected chi connectivity index (χ3v) is 5.04. The molecule has 0 aliphatic carbocycles. The Labute approximate surface area is 161 Å². The van der Waals surface area contributed by atoms with Crippen LogP contribution in [0.1, 0.15) is 40.8 Å². The zero-order valence-corrected chi connectivity index (χ0v) is 16.4. The van der Waals surface area contributed by atoms with Gasteiger partial charge in [0.15, 0.2) is 35.2 Å². The van der Waals surface area contributed by atoms with Gasteiger partial charge in [0.25, 0.3) is 0 Å². The summed E-state index contributed by atoms with van der Waals surface area (Å²) in [5.74, 6) is -3.56. The molecule has 1 fully saturated rings. The molecule has 0 spiro atoms. The molecule has 156 valence electrons. The van der Waals surface area contributed by atoms with Gasteiger partial charge in [0, 0.05) is 12.1 Å². The van der Waals surface area contributed by atoms with Crippen molar-refractivity contribution < 1.29 is 28.9 Å². The molecule has 2 rings (SSSR count). The van der Waals surface area contributed by atoms with E-state index >= 15 is 4.39 Å². The molecular weight excluding hydrogens is 373 g/mol. The van der Waals surface area contributed by atoms with Crippen molar-refractivity contribution in [3.63, 3.8) is 0 Å². The van der Waals surface area contributed by atoms with Gasteiger partial charge in [0.2, 0.25) is 0 Å². The van der Waals surface area contributed by atoms with E-state index < -0.39 is 58.8 Å². The van der Waals surface area contributed by atoms with Gasteiger partial charge in [-0.15, -0.1) is 0 Å². The lowest BCUT2D eigenvalue weighted by Crippen LogP contribution is -2.63. The molecule has 9 nitrogen and oxygen atoms in total. The minimum atomic E-state index is -2.92. The third kappa shape index (κ3) is 3.25. The molecule has 0 saturated carbocycles. The molecule has 1 aromatic rings. The standard InChI is InChI=1S/C18H26FN3O6/c1-8(2)11(23)12(24)14-18(27,13(25)9(3)4)17(5,19)15(28-14)22-7-6-10(20)21-16(22)26/h6-9,11,14-15,23,27H,1-5H3,(H2,20,21,26)/t11?,14-,15-,17?,18-/m1/s1. The molecule has 4 N–H and O–H groups in total. The number of halogens is 1. The van der Waals surface area contributed by atoms with E-state index in [1.165, 1.54) is 19.9 Å². The van der Waals surface area contributed by atoms with E-state index in [0.717, 1.165) is 13.1 Å². The van der Waals surface area contributed by atoms with Crippen LogP contribution in [-0.2, 0) is 14.3 Å². The Hall–Kier alpha value is -2.17. The van der Waals surface area contributed by atoms with E-state index in [-0.39, 0.29) is 5.82 Å². The number of nitrogens with zero attached hydrogens (tertiary/aromatic N) is 2. The Bertz CT molecular complexity index is 837. The number of hydrogen-bond acceptors (Lipinski definition) is 8. The lowest BCUT2D eigenvalue weighted by molar-refractivity contribution is -0.168. The highest BCUT2D eigenvalue weighted by atomic mass is 19.1. The summed E-state index contributed by atoms with van der Waals surface area (Å²) in [6, 6.07) is 1.21. The van der Waals surface area contributed by atoms with Gasteiger partial charge in [-0.3, -0.25) is 14.2 Å². The average molecular weight is 399 g/mol. The monoisotopic (exact) mass is 399 g/mol. The van der Waals surface area contributed by atoms with E-state index in [0.29, 0.717) is 4.57 Å². The zero-order chi connectivity index (χ0) is 21.6. The van der Waals surface area contributed by atoms with Crippen LogP contribution < -0.4 is 11.4 Å². The highest BCUT2D eigenvalue weighted by molar-refractivity contribution is 6.00. The first-order chi connectivity index (χ1) is 12.8. The number of nitrogens with two attached hydrogens (primary N) is 1. The summed E-state index contributed by atoms with van der Waals surface area (Å²) < 4.78 is 22.1. The van der Waals surface area contributed by atoms with E-state index in [4.69, 9.17) is 10.5 Å². The van der Waals surface area contributed by atoms with Gasteiger partial charge in [-0.25, -0.2) is 9.18 Å². The summed E-state index contributed by atoms with van der Waals surface area (Å²) in [6.07, 6.45) is -4.36. The summed E-state index contributed by atoms with van der Waals surface area (Å²) in [5, 5.41) is 21.3. The number of carbonyl (C=O) groups is 2. The van der Waals surface area contributed by atoms with Crippen molar-refractivity contribution in [3.05, 3.63) is 22.7 Å². The van der Waals surface area contributed by atoms with E-state index in [1.54, 1.807) is 13.8 Å². The van der Waals surface area contributed by atoms with Crippen LogP contribution in [0.5, 0.6) is 0 Å². The Morgan fingerprint density at radius 2 is 1.93 bits per heavy atom. The van der Waals surface area contributed by atoms with E-state index in [1.807, 2.05) is 0 Å². The molecule has 28 heavy (non-hydrogen) atoms. The maximum Gasteiger partial charge on any atom is 0.351 e. The first-order valence-electron chi connectivity index (χ1n) is 8.94. The second-order valence-corrected chi connectivity index (χ2v) is 7.86. The highest BCUT2D eigenvalue weighted by Gasteiger charge is 2.72. The second kappa shape index (κ2) is 7.34. The van der Waals surface area contributed by atoms with Crippen molar-refractivity contribution in [1.29, 1.82) is 0 Å². The Morgan fingerprint density at radius 3 is 2.39 bits per heavy atom. The van der Waals surface area contributed by atoms with Gasteiger partial charge in [-0.05, 0) is 18.9 Å².